The van der Waals surface area contributed by atoms with Crippen molar-refractivity contribution in [1.82, 2.24) is 4.90 Å². The third kappa shape index (κ3) is 6.50. The first-order valence-electron chi connectivity index (χ1n) is 6.22. The van der Waals surface area contributed by atoms with E-state index in [2.05, 4.69) is 0 Å². The van der Waals surface area contributed by atoms with E-state index < -0.39 is 12.5 Å². The second-order valence-corrected chi connectivity index (χ2v) is 4.90. The molecule has 0 spiro atoms. The summed E-state index contributed by atoms with van der Waals surface area (Å²) in [5.41, 5.74) is 2.17. The molecule has 0 saturated carbocycles. The Morgan fingerprint density at radius 1 is 1.16 bits per heavy atom. The van der Waals surface area contributed by atoms with Gasteiger partial charge in [0.2, 0.25) is 0 Å². The molecule has 0 aromatic heterocycles. The Balaban J connectivity index is 2.39. The molecule has 0 heterocycles. The third-order valence-electron chi connectivity index (χ3n) is 2.61. The second-order valence-electron chi connectivity index (χ2n) is 4.90. The maximum atomic E-state index is 12.1. The standard InChI is InChI=1S/C14H21F2NO2/c1-10-4-11(2)6-13(5-10)19-9-12(18)7-17(3)8-14(15)16/h4-6,12,14,18H,7-9H2,1-3H3. The monoisotopic (exact) mass is 273 g/mol. The zero-order chi connectivity index (χ0) is 14.4. The minimum Gasteiger partial charge on any atom is -0.491 e. The van der Waals surface area contributed by atoms with Crippen LogP contribution in [0.2, 0.25) is 0 Å². The summed E-state index contributed by atoms with van der Waals surface area (Å²) in [5, 5.41) is 9.72. The number of aryl methyl sites for hydroxylation is 2. The van der Waals surface area contributed by atoms with Crippen molar-refractivity contribution in [2.45, 2.75) is 26.4 Å². The van der Waals surface area contributed by atoms with Gasteiger partial charge < -0.3 is 9.84 Å². The lowest BCUT2D eigenvalue weighted by molar-refractivity contribution is 0.0473. The maximum absolute atomic E-state index is 12.1. The molecule has 0 bridgehead atoms. The summed E-state index contributed by atoms with van der Waals surface area (Å²) in [6, 6.07) is 5.78. The summed E-state index contributed by atoms with van der Waals surface area (Å²) in [4.78, 5) is 1.39. The van der Waals surface area contributed by atoms with Gasteiger partial charge in [-0.3, -0.25) is 4.90 Å². The van der Waals surface area contributed by atoms with Gasteiger partial charge >= 0.3 is 0 Å². The van der Waals surface area contributed by atoms with Gasteiger partial charge in [-0.25, -0.2) is 8.78 Å². The molecule has 1 aromatic carbocycles. The number of rotatable bonds is 7. The van der Waals surface area contributed by atoms with Crippen LogP contribution in [0.25, 0.3) is 0 Å². The topological polar surface area (TPSA) is 32.7 Å². The van der Waals surface area contributed by atoms with E-state index in [1.165, 1.54) is 4.90 Å². The molecule has 0 aliphatic heterocycles. The highest BCUT2D eigenvalue weighted by Crippen LogP contribution is 2.16. The van der Waals surface area contributed by atoms with E-state index in [4.69, 9.17) is 4.74 Å². The number of hydrogen-bond acceptors (Lipinski definition) is 3. The van der Waals surface area contributed by atoms with Crippen molar-refractivity contribution in [3.63, 3.8) is 0 Å². The lowest BCUT2D eigenvalue weighted by Crippen LogP contribution is -2.35. The van der Waals surface area contributed by atoms with Crippen molar-refractivity contribution in [2.24, 2.45) is 0 Å². The number of alkyl halides is 2. The fraction of sp³-hybridized carbons (Fsp3) is 0.571. The van der Waals surface area contributed by atoms with Crippen molar-refractivity contribution in [3.05, 3.63) is 29.3 Å². The molecule has 0 aliphatic carbocycles. The van der Waals surface area contributed by atoms with Gasteiger partial charge in [-0.2, -0.15) is 0 Å². The maximum Gasteiger partial charge on any atom is 0.251 e. The van der Waals surface area contributed by atoms with Crippen molar-refractivity contribution < 1.29 is 18.6 Å². The van der Waals surface area contributed by atoms with Crippen LogP contribution in [-0.2, 0) is 0 Å². The number of benzene rings is 1. The summed E-state index contributed by atoms with van der Waals surface area (Å²) < 4.78 is 29.7. The van der Waals surface area contributed by atoms with Crippen LogP contribution in [0.1, 0.15) is 11.1 Å². The first-order chi connectivity index (χ1) is 8.86. The number of halogens is 2. The predicted molar refractivity (Wildman–Crippen MR) is 70.9 cm³/mol. The largest absolute Gasteiger partial charge is 0.491 e. The number of hydrogen-bond donors (Lipinski definition) is 1. The van der Waals surface area contributed by atoms with Crippen LogP contribution in [-0.4, -0.2) is 49.3 Å². The van der Waals surface area contributed by atoms with Crippen LogP contribution < -0.4 is 4.74 Å². The van der Waals surface area contributed by atoms with E-state index in [0.717, 1.165) is 11.1 Å². The molecule has 0 fully saturated rings. The summed E-state index contributed by atoms with van der Waals surface area (Å²) in [5.74, 6) is 0.688. The Morgan fingerprint density at radius 2 is 1.74 bits per heavy atom. The van der Waals surface area contributed by atoms with E-state index in [9.17, 15) is 13.9 Å². The highest BCUT2D eigenvalue weighted by molar-refractivity contribution is 5.32. The molecule has 108 valence electrons. The molecule has 0 aliphatic rings. The molecule has 1 aromatic rings. The van der Waals surface area contributed by atoms with Crippen molar-refractivity contribution >= 4 is 0 Å². The van der Waals surface area contributed by atoms with Gasteiger partial charge in [0.05, 0.1) is 6.54 Å². The molecule has 1 N–H and O–H groups in total. The van der Waals surface area contributed by atoms with E-state index in [-0.39, 0.29) is 19.7 Å². The SMILES string of the molecule is Cc1cc(C)cc(OCC(O)CN(C)CC(F)F)c1. The number of nitrogens with zero attached hydrogens (tertiary/aromatic N) is 1. The molecule has 5 heteroatoms. The zero-order valence-electron chi connectivity index (χ0n) is 11.6. The molecular weight excluding hydrogens is 252 g/mol. The van der Waals surface area contributed by atoms with Crippen molar-refractivity contribution in [2.75, 3.05) is 26.7 Å². The average molecular weight is 273 g/mol. The lowest BCUT2D eigenvalue weighted by atomic mass is 10.1. The van der Waals surface area contributed by atoms with E-state index >= 15 is 0 Å². The highest BCUT2D eigenvalue weighted by Gasteiger charge is 2.13. The fourth-order valence-corrected chi connectivity index (χ4v) is 1.93. The Kier molecular flexibility index (Phi) is 6.18. The fourth-order valence-electron chi connectivity index (χ4n) is 1.93. The summed E-state index contributed by atoms with van der Waals surface area (Å²) in [6.07, 6.45) is -3.18. The Bertz CT molecular complexity index is 379. The quantitative estimate of drug-likeness (QED) is 0.827. The van der Waals surface area contributed by atoms with Crippen LogP contribution >= 0.6 is 0 Å². The molecule has 0 amide bonds. The Hall–Kier alpha value is -1.20. The smallest absolute Gasteiger partial charge is 0.251 e. The van der Waals surface area contributed by atoms with E-state index in [1.807, 2.05) is 32.0 Å². The summed E-state index contributed by atoms with van der Waals surface area (Å²) in [7, 11) is 1.55. The van der Waals surface area contributed by atoms with Crippen molar-refractivity contribution in [1.29, 1.82) is 0 Å². The number of aliphatic hydroxyl groups is 1. The van der Waals surface area contributed by atoms with Gasteiger partial charge in [0.1, 0.15) is 18.5 Å². The van der Waals surface area contributed by atoms with Gasteiger partial charge in [-0.1, -0.05) is 6.07 Å². The minimum absolute atomic E-state index is 0.0937. The van der Waals surface area contributed by atoms with Crippen molar-refractivity contribution in [3.8, 4) is 5.75 Å². The molecule has 19 heavy (non-hydrogen) atoms. The van der Waals surface area contributed by atoms with Gasteiger partial charge in [0.25, 0.3) is 6.43 Å². The highest BCUT2D eigenvalue weighted by atomic mass is 19.3. The van der Waals surface area contributed by atoms with Crippen LogP contribution in [0.3, 0.4) is 0 Å². The average Bonchev–Trinajstić information content (AvgIpc) is 2.23. The molecule has 1 rings (SSSR count). The molecular formula is C14H21F2NO2. The summed E-state index contributed by atoms with van der Waals surface area (Å²) >= 11 is 0. The first-order valence-corrected chi connectivity index (χ1v) is 6.22. The molecule has 1 unspecified atom stereocenters. The lowest BCUT2D eigenvalue weighted by Gasteiger charge is -2.20. The van der Waals surface area contributed by atoms with Crippen LogP contribution in [0, 0.1) is 13.8 Å². The van der Waals surface area contributed by atoms with Gasteiger partial charge in [0, 0.05) is 6.54 Å². The molecule has 3 nitrogen and oxygen atoms in total. The third-order valence-corrected chi connectivity index (χ3v) is 2.61. The Morgan fingerprint density at radius 3 is 2.26 bits per heavy atom. The normalized spacial score (nSPS) is 13.1. The number of likely N-dealkylation sites (N-methyl/N-ethyl adjacent to an activating group) is 1. The van der Waals surface area contributed by atoms with E-state index in [0.29, 0.717) is 5.75 Å². The minimum atomic E-state index is -2.39. The van der Waals surface area contributed by atoms with Crippen LogP contribution in [0.5, 0.6) is 5.75 Å². The zero-order valence-corrected chi connectivity index (χ0v) is 11.6. The number of aliphatic hydroxyl groups excluding tert-OH is 1. The molecule has 1 atom stereocenters. The van der Waals surface area contributed by atoms with Gasteiger partial charge in [-0.05, 0) is 44.2 Å². The van der Waals surface area contributed by atoms with Gasteiger partial charge in [0.15, 0.2) is 0 Å². The van der Waals surface area contributed by atoms with Crippen LogP contribution in [0.15, 0.2) is 18.2 Å². The van der Waals surface area contributed by atoms with Gasteiger partial charge in [-0.15, -0.1) is 0 Å². The first kappa shape index (κ1) is 15.9. The van der Waals surface area contributed by atoms with Crippen LogP contribution in [0.4, 0.5) is 8.78 Å². The molecule has 0 radical (unpaired) electrons. The molecule has 0 saturated heterocycles. The second kappa shape index (κ2) is 7.40. The van der Waals surface area contributed by atoms with E-state index in [1.54, 1.807) is 7.05 Å². The summed E-state index contributed by atoms with van der Waals surface area (Å²) in [6.45, 7) is 3.84. The number of ether oxygens (including phenoxy) is 1. The Labute approximate surface area is 112 Å². The predicted octanol–water partition coefficient (Wildman–Crippen LogP) is 2.24.